The summed E-state index contributed by atoms with van der Waals surface area (Å²) in [7, 11) is 1.66. The van der Waals surface area contributed by atoms with Crippen LogP contribution in [0.4, 0.5) is 16.2 Å². The molecule has 0 amide bonds. The maximum atomic E-state index is 13.4. The van der Waals surface area contributed by atoms with Gasteiger partial charge in [0, 0.05) is 13.6 Å². The Morgan fingerprint density at radius 1 is 1.53 bits per heavy atom. The highest BCUT2D eigenvalue weighted by molar-refractivity contribution is 5.41. The molecule has 0 aliphatic heterocycles. The Balaban J connectivity index is 2.68. The minimum atomic E-state index is -0.869. The highest BCUT2D eigenvalue weighted by Crippen LogP contribution is 2.16. The summed E-state index contributed by atoms with van der Waals surface area (Å²) >= 11 is 0. The van der Waals surface area contributed by atoms with E-state index in [0.29, 0.717) is 12.4 Å². The number of nitrogens with one attached hydrogen (secondary N) is 2. The molecule has 5 nitrogen and oxygen atoms in total. The third kappa shape index (κ3) is 4.14. The Labute approximate surface area is 100 Å². The second-order valence-corrected chi connectivity index (χ2v) is 4.24. The fourth-order valence-electron chi connectivity index (χ4n) is 1.51. The van der Waals surface area contributed by atoms with Crippen LogP contribution in [-0.2, 0) is 0 Å². The highest BCUT2D eigenvalue weighted by Gasteiger charge is 2.19. The van der Waals surface area contributed by atoms with Crippen molar-refractivity contribution in [3.05, 3.63) is 12.0 Å². The van der Waals surface area contributed by atoms with E-state index in [2.05, 4.69) is 20.6 Å². The zero-order chi connectivity index (χ0) is 12.9. The van der Waals surface area contributed by atoms with Crippen LogP contribution in [0.15, 0.2) is 6.20 Å². The quantitative estimate of drug-likeness (QED) is 0.707. The number of nitrogens with zero attached hydrogens (tertiary/aromatic N) is 2. The predicted molar refractivity (Wildman–Crippen MR) is 65.6 cm³/mol. The topological polar surface area (TPSA) is 70.1 Å². The van der Waals surface area contributed by atoms with Crippen LogP contribution in [0.3, 0.4) is 0 Å². The first-order chi connectivity index (χ1) is 7.98. The van der Waals surface area contributed by atoms with Crippen molar-refractivity contribution in [3.8, 4) is 0 Å². The van der Waals surface area contributed by atoms with Crippen LogP contribution in [0.2, 0.25) is 0 Å². The van der Waals surface area contributed by atoms with Crippen molar-refractivity contribution in [3.63, 3.8) is 0 Å². The molecule has 0 aliphatic carbocycles. The lowest BCUT2D eigenvalue weighted by atomic mass is 10.0. The second-order valence-electron chi connectivity index (χ2n) is 4.24. The summed E-state index contributed by atoms with van der Waals surface area (Å²) in [4.78, 5) is 7.67. The van der Waals surface area contributed by atoms with Crippen molar-refractivity contribution in [2.45, 2.75) is 32.3 Å². The van der Waals surface area contributed by atoms with E-state index >= 15 is 0 Å². The van der Waals surface area contributed by atoms with Crippen LogP contribution in [0.5, 0.6) is 0 Å². The summed E-state index contributed by atoms with van der Waals surface area (Å²) in [5.74, 6) is -0.0962. The molecular weight excluding hydrogens is 223 g/mol. The lowest BCUT2D eigenvalue weighted by molar-refractivity contribution is 0.0635. The molecule has 6 heteroatoms. The Bertz CT molecular complexity index is 370. The van der Waals surface area contributed by atoms with Crippen molar-refractivity contribution in [1.29, 1.82) is 0 Å². The molecule has 0 aromatic carbocycles. The molecule has 96 valence electrons. The predicted octanol–water partition coefficient (Wildman–Crippen LogP) is 1.62. The van der Waals surface area contributed by atoms with Gasteiger partial charge in [0.25, 0.3) is 0 Å². The van der Waals surface area contributed by atoms with Gasteiger partial charge in [0.1, 0.15) is 0 Å². The zero-order valence-corrected chi connectivity index (χ0v) is 10.4. The second kappa shape index (κ2) is 5.77. The monoisotopic (exact) mass is 242 g/mol. The Hall–Kier alpha value is -1.43. The smallest absolute Gasteiger partial charge is 0.224 e. The fourth-order valence-corrected chi connectivity index (χ4v) is 1.51. The number of anilines is 2. The van der Waals surface area contributed by atoms with E-state index in [9.17, 15) is 9.50 Å². The van der Waals surface area contributed by atoms with E-state index in [0.717, 1.165) is 12.6 Å². The first-order valence-electron chi connectivity index (χ1n) is 5.65. The molecule has 1 aromatic rings. The molecule has 1 rings (SSSR count). The molecule has 1 atom stereocenters. The van der Waals surface area contributed by atoms with Crippen LogP contribution in [0.25, 0.3) is 0 Å². The van der Waals surface area contributed by atoms with Crippen LogP contribution in [0, 0.1) is 5.82 Å². The van der Waals surface area contributed by atoms with E-state index < -0.39 is 11.4 Å². The number of hydrogen-bond donors (Lipinski definition) is 3. The average Bonchev–Trinajstić information content (AvgIpc) is 2.28. The molecule has 1 heterocycles. The zero-order valence-electron chi connectivity index (χ0n) is 10.4. The van der Waals surface area contributed by atoms with Gasteiger partial charge in [-0.2, -0.15) is 4.98 Å². The number of rotatable bonds is 6. The van der Waals surface area contributed by atoms with Gasteiger partial charge in [0.15, 0.2) is 11.6 Å². The largest absolute Gasteiger partial charge is 0.388 e. The van der Waals surface area contributed by atoms with Crippen molar-refractivity contribution < 1.29 is 9.50 Å². The molecule has 17 heavy (non-hydrogen) atoms. The minimum Gasteiger partial charge on any atom is -0.388 e. The van der Waals surface area contributed by atoms with Crippen LogP contribution in [0.1, 0.15) is 26.7 Å². The minimum absolute atomic E-state index is 0.0979. The molecule has 0 radical (unpaired) electrons. The third-order valence-corrected chi connectivity index (χ3v) is 2.39. The summed E-state index contributed by atoms with van der Waals surface area (Å²) in [5, 5.41) is 15.5. The molecule has 0 saturated carbocycles. The Kier molecular flexibility index (Phi) is 4.62. The van der Waals surface area contributed by atoms with E-state index in [1.165, 1.54) is 0 Å². The SMILES string of the molecule is CCCC(C)(O)CNc1nc(NC)ncc1F. The van der Waals surface area contributed by atoms with Gasteiger partial charge in [-0.3, -0.25) is 0 Å². The van der Waals surface area contributed by atoms with Crippen LogP contribution in [-0.4, -0.2) is 34.3 Å². The summed E-state index contributed by atoms with van der Waals surface area (Å²) in [6.45, 7) is 3.94. The summed E-state index contributed by atoms with van der Waals surface area (Å²) in [6.07, 6.45) is 2.60. The molecule has 0 bridgehead atoms. The standard InChI is InChI=1S/C11H19FN4O/c1-4-5-11(2,17)7-15-9-8(12)6-14-10(13-3)16-9/h6,17H,4-5,7H2,1-3H3,(H2,13,14,15,16). The number of hydrogen-bond acceptors (Lipinski definition) is 5. The first-order valence-corrected chi connectivity index (χ1v) is 5.65. The third-order valence-electron chi connectivity index (χ3n) is 2.39. The number of halogens is 1. The van der Waals surface area contributed by atoms with E-state index in [1.54, 1.807) is 14.0 Å². The molecule has 1 unspecified atom stereocenters. The number of aliphatic hydroxyl groups is 1. The molecule has 0 aliphatic rings. The van der Waals surface area contributed by atoms with E-state index in [1.807, 2.05) is 6.92 Å². The Morgan fingerprint density at radius 2 is 2.24 bits per heavy atom. The van der Waals surface area contributed by atoms with Crippen LogP contribution < -0.4 is 10.6 Å². The van der Waals surface area contributed by atoms with Gasteiger partial charge < -0.3 is 15.7 Å². The lowest BCUT2D eigenvalue weighted by Gasteiger charge is -2.23. The molecule has 0 fully saturated rings. The van der Waals surface area contributed by atoms with Gasteiger partial charge >= 0.3 is 0 Å². The fraction of sp³-hybridized carbons (Fsp3) is 0.636. The van der Waals surface area contributed by atoms with Crippen molar-refractivity contribution in [2.75, 3.05) is 24.2 Å². The molecule has 3 N–H and O–H groups in total. The van der Waals surface area contributed by atoms with E-state index in [4.69, 9.17) is 0 Å². The molecular formula is C11H19FN4O. The van der Waals surface area contributed by atoms with Gasteiger partial charge in [0.05, 0.1) is 11.8 Å². The van der Waals surface area contributed by atoms with Gasteiger partial charge in [-0.1, -0.05) is 13.3 Å². The molecule has 0 spiro atoms. The van der Waals surface area contributed by atoms with Gasteiger partial charge in [-0.15, -0.1) is 0 Å². The first kappa shape index (κ1) is 13.6. The van der Waals surface area contributed by atoms with Crippen molar-refractivity contribution in [2.24, 2.45) is 0 Å². The molecule has 0 saturated heterocycles. The highest BCUT2D eigenvalue weighted by atomic mass is 19.1. The summed E-state index contributed by atoms with van der Waals surface area (Å²) < 4.78 is 13.4. The maximum Gasteiger partial charge on any atom is 0.224 e. The summed E-state index contributed by atoms with van der Waals surface area (Å²) in [5.41, 5.74) is -0.869. The normalized spacial score (nSPS) is 14.2. The lowest BCUT2D eigenvalue weighted by Crippen LogP contribution is -2.33. The summed E-state index contributed by atoms with van der Waals surface area (Å²) in [6, 6.07) is 0. The Morgan fingerprint density at radius 3 is 2.82 bits per heavy atom. The van der Waals surface area contributed by atoms with Gasteiger partial charge in [-0.25, -0.2) is 9.37 Å². The maximum absolute atomic E-state index is 13.4. The van der Waals surface area contributed by atoms with Gasteiger partial charge in [-0.05, 0) is 13.3 Å². The van der Waals surface area contributed by atoms with E-state index in [-0.39, 0.29) is 12.4 Å². The van der Waals surface area contributed by atoms with Crippen LogP contribution >= 0.6 is 0 Å². The van der Waals surface area contributed by atoms with Crippen molar-refractivity contribution >= 4 is 11.8 Å². The van der Waals surface area contributed by atoms with Crippen molar-refractivity contribution in [1.82, 2.24) is 9.97 Å². The molecule has 1 aromatic heterocycles. The average molecular weight is 242 g/mol. The number of aromatic nitrogens is 2. The van der Waals surface area contributed by atoms with Gasteiger partial charge in [0.2, 0.25) is 5.95 Å².